The molecule has 2 fully saturated rings. The van der Waals surface area contributed by atoms with E-state index in [1.165, 1.54) is 32.1 Å². The molecule has 0 aliphatic carbocycles. The van der Waals surface area contributed by atoms with Crippen molar-refractivity contribution in [3.8, 4) is 5.75 Å². The van der Waals surface area contributed by atoms with Crippen molar-refractivity contribution in [3.63, 3.8) is 0 Å². The number of rotatable bonds is 14. The highest BCUT2D eigenvalue weighted by Gasteiger charge is 2.48. The number of carbonyl (C=O) groups excluding carboxylic acids is 1. The van der Waals surface area contributed by atoms with Gasteiger partial charge in [0.2, 0.25) is 5.91 Å². The first-order valence-electron chi connectivity index (χ1n) is 12.9. The van der Waals surface area contributed by atoms with Crippen LogP contribution in [-0.2, 0) is 14.3 Å². The van der Waals surface area contributed by atoms with E-state index in [0.29, 0.717) is 29.7 Å². The molecule has 1 amide bonds. The number of aromatic hydroxyl groups is 1. The Bertz CT molecular complexity index is 758. The number of carbonyl (C=O) groups is 1. The number of hydrogen-bond acceptors (Lipinski definition) is 4. The molecular weight excluding hydrogens is 414 g/mol. The maximum atomic E-state index is 12.7. The molecule has 0 radical (unpaired) electrons. The Morgan fingerprint density at radius 1 is 1.12 bits per heavy atom. The molecule has 0 spiro atoms. The number of benzene rings is 1. The number of phenols is 1. The van der Waals surface area contributed by atoms with E-state index in [2.05, 4.69) is 24.4 Å². The fourth-order valence-electron chi connectivity index (χ4n) is 5.05. The highest BCUT2D eigenvalue weighted by molar-refractivity contribution is 5.94. The first kappa shape index (κ1) is 25.8. The number of amides is 1. The summed E-state index contributed by atoms with van der Waals surface area (Å²) in [6, 6.07) is 6.59. The lowest BCUT2D eigenvalue weighted by atomic mass is 9.78. The van der Waals surface area contributed by atoms with Gasteiger partial charge in [0.15, 0.2) is 0 Å². The number of allylic oxidation sites excluding steroid dienone is 2. The summed E-state index contributed by atoms with van der Waals surface area (Å²) in [5.74, 6) is 1.27. The van der Waals surface area contributed by atoms with Gasteiger partial charge in [-0.3, -0.25) is 4.79 Å². The van der Waals surface area contributed by atoms with Crippen molar-refractivity contribution in [2.75, 3.05) is 18.5 Å². The Morgan fingerprint density at radius 3 is 2.58 bits per heavy atom. The highest BCUT2D eigenvalue weighted by atomic mass is 16.5. The lowest BCUT2D eigenvalue weighted by Crippen LogP contribution is -2.31. The molecule has 5 heteroatoms. The molecule has 2 heterocycles. The van der Waals surface area contributed by atoms with Crippen LogP contribution in [0.3, 0.4) is 0 Å². The maximum absolute atomic E-state index is 12.7. The van der Waals surface area contributed by atoms with Gasteiger partial charge in [-0.2, -0.15) is 0 Å². The van der Waals surface area contributed by atoms with Gasteiger partial charge < -0.3 is 19.9 Å². The Hall–Kier alpha value is -1.85. The average Bonchev–Trinajstić information content (AvgIpc) is 3.39. The molecule has 1 aromatic rings. The second-order valence-electron chi connectivity index (χ2n) is 10.4. The highest BCUT2D eigenvalue weighted by Crippen LogP contribution is 2.45. The molecule has 2 aliphatic heterocycles. The minimum atomic E-state index is -0.466. The molecule has 2 aliphatic rings. The topological polar surface area (TPSA) is 67.8 Å². The van der Waals surface area contributed by atoms with Crippen LogP contribution in [0.25, 0.3) is 0 Å². The molecule has 0 aromatic heterocycles. The molecule has 0 unspecified atom stereocenters. The smallest absolute Gasteiger partial charge is 0.230 e. The molecular formula is C28H43NO4. The third-order valence-electron chi connectivity index (χ3n) is 7.29. The van der Waals surface area contributed by atoms with E-state index in [1.807, 2.05) is 13.8 Å². The molecule has 0 saturated carbocycles. The summed E-state index contributed by atoms with van der Waals surface area (Å²) >= 11 is 0. The van der Waals surface area contributed by atoms with Gasteiger partial charge >= 0.3 is 0 Å². The van der Waals surface area contributed by atoms with Gasteiger partial charge in [0.1, 0.15) is 5.75 Å². The van der Waals surface area contributed by atoms with E-state index in [1.54, 1.807) is 24.3 Å². The van der Waals surface area contributed by atoms with Crippen LogP contribution in [-0.4, -0.2) is 36.4 Å². The van der Waals surface area contributed by atoms with Gasteiger partial charge in [0.05, 0.1) is 18.8 Å². The lowest BCUT2D eigenvalue weighted by molar-refractivity contribution is -0.124. The lowest BCUT2D eigenvalue weighted by Gasteiger charge is -2.27. The predicted molar refractivity (Wildman–Crippen MR) is 133 cm³/mol. The van der Waals surface area contributed by atoms with E-state index in [4.69, 9.17) is 9.47 Å². The summed E-state index contributed by atoms with van der Waals surface area (Å²) in [4.78, 5) is 12.7. The number of nitrogens with one attached hydrogen (secondary N) is 1. The summed E-state index contributed by atoms with van der Waals surface area (Å²) in [5, 5.41) is 12.3. The number of anilines is 1. The van der Waals surface area contributed by atoms with Crippen molar-refractivity contribution < 1.29 is 19.4 Å². The second kappa shape index (κ2) is 12.6. The minimum absolute atomic E-state index is 0.000702. The van der Waals surface area contributed by atoms with Crippen LogP contribution in [0.15, 0.2) is 36.4 Å². The van der Waals surface area contributed by atoms with Crippen molar-refractivity contribution in [1.82, 2.24) is 0 Å². The summed E-state index contributed by atoms with van der Waals surface area (Å²) in [6.07, 6.45) is 15.3. The number of unbranched alkanes of at least 4 members (excludes halogenated alkanes) is 3. The molecule has 1 aromatic carbocycles. The largest absolute Gasteiger partial charge is 0.508 e. The van der Waals surface area contributed by atoms with Gasteiger partial charge in [-0.15, -0.1) is 0 Å². The van der Waals surface area contributed by atoms with Crippen LogP contribution in [0.5, 0.6) is 5.75 Å². The Balaban J connectivity index is 1.39. The van der Waals surface area contributed by atoms with Crippen LogP contribution in [0.2, 0.25) is 0 Å². The van der Waals surface area contributed by atoms with E-state index >= 15 is 0 Å². The molecule has 2 N–H and O–H groups in total. The van der Waals surface area contributed by atoms with Crippen LogP contribution < -0.4 is 5.32 Å². The van der Waals surface area contributed by atoms with Gasteiger partial charge in [0, 0.05) is 23.6 Å². The summed E-state index contributed by atoms with van der Waals surface area (Å²) in [5.41, 5.74) is 0.239. The molecule has 184 valence electrons. The van der Waals surface area contributed by atoms with E-state index in [0.717, 1.165) is 38.9 Å². The van der Waals surface area contributed by atoms with Crippen molar-refractivity contribution in [3.05, 3.63) is 36.4 Å². The first-order valence-corrected chi connectivity index (χ1v) is 12.9. The molecule has 5 nitrogen and oxygen atoms in total. The Morgan fingerprint density at radius 2 is 1.85 bits per heavy atom. The molecule has 33 heavy (non-hydrogen) atoms. The number of hydrogen-bond donors (Lipinski definition) is 2. The van der Waals surface area contributed by atoms with Crippen LogP contribution in [0.1, 0.15) is 78.6 Å². The average molecular weight is 458 g/mol. The maximum Gasteiger partial charge on any atom is 0.230 e. The van der Waals surface area contributed by atoms with Crippen LogP contribution in [0, 0.1) is 17.3 Å². The molecule has 2 saturated heterocycles. The molecule has 2 bridgehead atoms. The molecule has 4 atom stereocenters. The summed E-state index contributed by atoms with van der Waals surface area (Å²) in [7, 11) is 0. The summed E-state index contributed by atoms with van der Waals surface area (Å²) in [6.45, 7) is 7.90. The summed E-state index contributed by atoms with van der Waals surface area (Å²) < 4.78 is 12.3. The molecule has 3 rings (SSSR count). The van der Waals surface area contributed by atoms with Crippen LogP contribution >= 0.6 is 0 Å². The predicted octanol–water partition coefficient (Wildman–Crippen LogP) is 6.47. The number of fused-ring (bicyclic) bond motifs is 2. The normalized spacial score (nSPS) is 24.6. The fourth-order valence-corrected chi connectivity index (χ4v) is 5.05. The monoisotopic (exact) mass is 457 g/mol. The standard InChI is InChI=1S/C28H43NO4/c1-4-5-6-10-19-32-20-24-23(25-16-17-26(24)33-25)11-8-7-9-18-28(2,3)27(31)29-21-12-14-22(30)15-13-21/h7-8,12-15,23-26,30H,4-6,9-11,16-20H2,1-3H3,(H,29,31)/t23-,24+,25-,26+/m0/s1. The Labute approximate surface area is 199 Å². The minimum Gasteiger partial charge on any atom is -0.508 e. The SMILES string of the molecule is CCCCCCOC[C@@H]1[C@H](CC=CCCC(C)(C)C(=O)Nc2ccc(O)cc2)[C@@H]2CC[C@H]1O2. The number of ether oxygens (including phenoxy) is 2. The third-order valence-corrected chi connectivity index (χ3v) is 7.29. The van der Waals surface area contributed by atoms with Crippen molar-refractivity contribution in [1.29, 1.82) is 0 Å². The van der Waals surface area contributed by atoms with Gasteiger partial charge in [-0.25, -0.2) is 0 Å². The van der Waals surface area contributed by atoms with Crippen molar-refractivity contribution in [2.45, 2.75) is 90.8 Å². The van der Waals surface area contributed by atoms with Crippen molar-refractivity contribution >= 4 is 11.6 Å². The van der Waals surface area contributed by atoms with E-state index < -0.39 is 5.41 Å². The Kier molecular flexibility index (Phi) is 9.81. The number of phenolic OH excluding ortho intramolecular Hbond substituents is 1. The van der Waals surface area contributed by atoms with Crippen LogP contribution in [0.4, 0.5) is 5.69 Å². The second-order valence-corrected chi connectivity index (χ2v) is 10.4. The van der Waals surface area contributed by atoms with E-state index in [-0.39, 0.29) is 11.7 Å². The van der Waals surface area contributed by atoms with Crippen molar-refractivity contribution in [2.24, 2.45) is 17.3 Å². The zero-order valence-electron chi connectivity index (χ0n) is 20.7. The zero-order chi connectivity index (χ0) is 23.7. The quantitative estimate of drug-likeness (QED) is 0.191. The van der Waals surface area contributed by atoms with Gasteiger partial charge in [0.25, 0.3) is 0 Å². The third kappa shape index (κ3) is 7.58. The first-order chi connectivity index (χ1) is 15.9. The van der Waals surface area contributed by atoms with Gasteiger partial charge in [-0.05, 0) is 68.7 Å². The fraction of sp³-hybridized carbons (Fsp3) is 0.679. The van der Waals surface area contributed by atoms with E-state index in [9.17, 15) is 9.90 Å². The van der Waals surface area contributed by atoms with Gasteiger partial charge in [-0.1, -0.05) is 52.2 Å². The zero-order valence-corrected chi connectivity index (χ0v) is 20.7.